The fraction of sp³-hybridized carbons (Fsp3) is 0.500. The second-order valence-electron chi connectivity index (χ2n) is 5.15. The third-order valence-electron chi connectivity index (χ3n) is 3.74. The van der Waals surface area contributed by atoms with E-state index in [0.717, 1.165) is 18.4 Å². The predicted octanol–water partition coefficient (Wildman–Crippen LogP) is 2.97. The van der Waals surface area contributed by atoms with Crippen LogP contribution in [0.4, 0.5) is 4.39 Å². The van der Waals surface area contributed by atoms with Gasteiger partial charge >= 0.3 is 0 Å². The van der Waals surface area contributed by atoms with Crippen LogP contribution in [0.15, 0.2) is 23.4 Å². The number of benzene rings is 1. The van der Waals surface area contributed by atoms with Crippen LogP contribution < -0.4 is 5.73 Å². The van der Waals surface area contributed by atoms with E-state index in [1.807, 2.05) is 0 Å². The summed E-state index contributed by atoms with van der Waals surface area (Å²) in [6, 6.07) is 5.16. The summed E-state index contributed by atoms with van der Waals surface area (Å²) in [5, 5.41) is 11.9. The number of hydrogen-bond acceptors (Lipinski definition) is 3. The fourth-order valence-electron chi connectivity index (χ4n) is 2.71. The lowest BCUT2D eigenvalue weighted by Gasteiger charge is -2.28. The van der Waals surface area contributed by atoms with Crippen molar-refractivity contribution in [2.24, 2.45) is 10.9 Å². The van der Waals surface area contributed by atoms with Gasteiger partial charge in [0.1, 0.15) is 5.82 Å². The fourth-order valence-corrected chi connectivity index (χ4v) is 2.90. The lowest BCUT2D eigenvalue weighted by molar-refractivity contribution is 0.214. The van der Waals surface area contributed by atoms with E-state index in [1.54, 1.807) is 12.1 Å². The van der Waals surface area contributed by atoms with Crippen molar-refractivity contribution in [3.63, 3.8) is 0 Å². The predicted molar refractivity (Wildman–Crippen MR) is 77.5 cm³/mol. The quantitative estimate of drug-likeness (QED) is 0.380. The first-order valence-electron chi connectivity index (χ1n) is 6.75. The summed E-state index contributed by atoms with van der Waals surface area (Å²) in [7, 11) is 0. The van der Waals surface area contributed by atoms with Crippen molar-refractivity contribution in [2.75, 3.05) is 6.54 Å². The zero-order valence-corrected chi connectivity index (χ0v) is 12.0. The van der Waals surface area contributed by atoms with Gasteiger partial charge < -0.3 is 10.9 Å². The van der Waals surface area contributed by atoms with Crippen molar-refractivity contribution in [3.8, 4) is 0 Å². The Labute approximate surface area is 123 Å². The molecule has 1 aromatic carbocycles. The van der Waals surface area contributed by atoms with Crippen molar-refractivity contribution < 1.29 is 9.60 Å². The molecule has 0 radical (unpaired) electrons. The summed E-state index contributed by atoms with van der Waals surface area (Å²) in [4.78, 5) is 2.10. The molecule has 1 saturated carbocycles. The highest BCUT2D eigenvalue weighted by Gasteiger charge is 2.24. The summed E-state index contributed by atoms with van der Waals surface area (Å²) >= 11 is 6.00. The second-order valence-corrected chi connectivity index (χ2v) is 5.53. The molecular weight excluding hydrogens is 281 g/mol. The van der Waals surface area contributed by atoms with E-state index in [0.29, 0.717) is 19.1 Å². The molecule has 2 rings (SSSR count). The minimum atomic E-state index is -0.417. The zero-order valence-electron chi connectivity index (χ0n) is 11.2. The number of nitrogens with zero attached hydrogens (tertiary/aromatic N) is 2. The van der Waals surface area contributed by atoms with Crippen LogP contribution >= 0.6 is 11.6 Å². The molecule has 6 heteroatoms. The SMILES string of the molecule is N/C(CN(Cc1cccc(F)c1Cl)C1CCCC1)=N/O. The summed E-state index contributed by atoms with van der Waals surface area (Å²) in [5.41, 5.74) is 6.34. The molecule has 0 unspecified atom stereocenters. The highest BCUT2D eigenvalue weighted by molar-refractivity contribution is 6.31. The Bertz CT molecular complexity index is 489. The largest absolute Gasteiger partial charge is 0.409 e. The van der Waals surface area contributed by atoms with Crippen LogP contribution in [0.5, 0.6) is 0 Å². The van der Waals surface area contributed by atoms with Gasteiger partial charge in [-0.15, -0.1) is 0 Å². The van der Waals surface area contributed by atoms with E-state index in [1.165, 1.54) is 18.9 Å². The van der Waals surface area contributed by atoms with Crippen molar-refractivity contribution in [3.05, 3.63) is 34.6 Å². The molecule has 20 heavy (non-hydrogen) atoms. The molecule has 1 aliphatic rings. The van der Waals surface area contributed by atoms with Gasteiger partial charge in [0.25, 0.3) is 0 Å². The molecule has 1 fully saturated rings. The maximum Gasteiger partial charge on any atom is 0.153 e. The molecule has 0 bridgehead atoms. The monoisotopic (exact) mass is 299 g/mol. The van der Waals surface area contributed by atoms with Gasteiger partial charge in [-0.2, -0.15) is 0 Å². The molecule has 4 nitrogen and oxygen atoms in total. The van der Waals surface area contributed by atoms with Crippen LogP contribution in [0.3, 0.4) is 0 Å². The van der Waals surface area contributed by atoms with Gasteiger partial charge in [-0.05, 0) is 24.5 Å². The zero-order chi connectivity index (χ0) is 14.5. The standard InChI is InChI=1S/C14H19ClFN3O/c15-14-10(4-3-7-12(14)16)8-19(9-13(17)18-20)11-5-1-2-6-11/h3-4,7,11,20H,1-2,5-6,8-9H2,(H2,17,18). The Morgan fingerprint density at radius 1 is 1.45 bits per heavy atom. The second kappa shape index (κ2) is 6.90. The van der Waals surface area contributed by atoms with Gasteiger partial charge in [0, 0.05) is 12.6 Å². The van der Waals surface area contributed by atoms with Crippen LogP contribution in [0.1, 0.15) is 31.2 Å². The number of hydrogen-bond donors (Lipinski definition) is 2. The molecule has 0 aliphatic heterocycles. The molecule has 1 aromatic rings. The van der Waals surface area contributed by atoms with Crippen molar-refractivity contribution in [2.45, 2.75) is 38.3 Å². The van der Waals surface area contributed by atoms with Gasteiger partial charge in [0.15, 0.2) is 5.84 Å². The van der Waals surface area contributed by atoms with Crippen LogP contribution in [-0.4, -0.2) is 28.5 Å². The molecule has 0 amide bonds. The Kier molecular flexibility index (Phi) is 5.20. The molecule has 0 spiro atoms. The smallest absolute Gasteiger partial charge is 0.153 e. The molecule has 3 N–H and O–H groups in total. The summed E-state index contributed by atoms with van der Waals surface area (Å²) in [6.07, 6.45) is 4.50. The molecule has 0 atom stereocenters. The van der Waals surface area contributed by atoms with Gasteiger partial charge in [-0.1, -0.05) is 41.7 Å². The topological polar surface area (TPSA) is 61.8 Å². The van der Waals surface area contributed by atoms with Crippen LogP contribution in [0, 0.1) is 5.82 Å². The minimum Gasteiger partial charge on any atom is -0.409 e. The van der Waals surface area contributed by atoms with Gasteiger partial charge in [-0.3, -0.25) is 4.90 Å². The number of oxime groups is 1. The van der Waals surface area contributed by atoms with Crippen LogP contribution in [0.2, 0.25) is 5.02 Å². The summed E-state index contributed by atoms with van der Waals surface area (Å²) < 4.78 is 13.5. The van der Waals surface area contributed by atoms with Crippen molar-refractivity contribution in [1.82, 2.24) is 4.90 Å². The Morgan fingerprint density at radius 3 is 2.80 bits per heavy atom. The van der Waals surface area contributed by atoms with E-state index in [-0.39, 0.29) is 10.9 Å². The molecule has 1 aliphatic carbocycles. The number of amidine groups is 1. The first-order chi connectivity index (χ1) is 9.61. The first kappa shape index (κ1) is 15.1. The molecule has 0 saturated heterocycles. The van der Waals surface area contributed by atoms with Crippen LogP contribution in [-0.2, 0) is 6.54 Å². The molecule has 110 valence electrons. The lowest BCUT2D eigenvalue weighted by Crippen LogP contribution is -2.39. The molecular formula is C14H19ClFN3O. The van der Waals surface area contributed by atoms with E-state index in [9.17, 15) is 4.39 Å². The first-order valence-corrected chi connectivity index (χ1v) is 7.13. The maximum absolute atomic E-state index is 13.5. The number of halogens is 2. The third-order valence-corrected chi connectivity index (χ3v) is 4.16. The Balaban J connectivity index is 2.16. The minimum absolute atomic E-state index is 0.148. The maximum atomic E-state index is 13.5. The highest BCUT2D eigenvalue weighted by Crippen LogP contribution is 2.27. The van der Waals surface area contributed by atoms with Crippen molar-refractivity contribution in [1.29, 1.82) is 0 Å². The normalized spacial score (nSPS) is 17.1. The van der Waals surface area contributed by atoms with E-state index in [4.69, 9.17) is 22.5 Å². The third kappa shape index (κ3) is 3.61. The van der Waals surface area contributed by atoms with E-state index in [2.05, 4.69) is 10.1 Å². The van der Waals surface area contributed by atoms with Crippen LogP contribution in [0.25, 0.3) is 0 Å². The average molecular weight is 300 g/mol. The molecule has 0 heterocycles. The van der Waals surface area contributed by atoms with E-state index < -0.39 is 5.82 Å². The summed E-state index contributed by atoms with van der Waals surface area (Å²) in [6.45, 7) is 0.853. The van der Waals surface area contributed by atoms with Gasteiger partial charge in [0.2, 0.25) is 0 Å². The van der Waals surface area contributed by atoms with Crippen molar-refractivity contribution >= 4 is 17.4 Å². The summed E-state index contributed by atoms with van der Waals surface area (Å²) in [5.74, 6) is -0.260. The lowest BCUT2D eigenvalue weighted by atomic mass is 10.1. The Hall–Kier alpha value is -1.33. The van der Waals surface area contributed by atoms with Gasteiger partial charge in [0.05, 0.1) is 11.6 Å². The average Bonchev–Trinajstić information content (AvgIpc) is 2.96. The molecule has 0 aromatic heterocycles. The van der Waals surface area contributed by atoms with Gasteiger partial charge in [-0.25, -0.2) is 4.39 Å². The Morgan fingerprint density at radius 2 is 2.15 bits per heavy atom. The number of nitrogens with two attached hydrogens (primary N) is 1. The van der Waals surface area contributed by atoms with E-state index >= 15 is 0 Å². The highest BCUT2D eigenvalue weighted by atomic mass is 35.5. The number of rotatable bonds is 5.